The number of aliphatic imine (C=N–C) groups is 1. The lowest BCUT2D eigenvalue weighted by Crippen LogP contribution is -2.43. The lowest BCUT2D eigenvalue weighted by molar-refractivity contribution is 0.179. The molecule has 0 aliphatic rings. The van der Waals surface area contributed by atoms with E-state index in [1.54, 1.807) is 20.4 Å². The average Bonchev–Trinajstić information content (AvgIpc) is 3.06. The van der Waals surface area contributed by atoms with Gasteiger partial charge in [-0.2, -0.15) is 5.10 Å². The number of hydrogen-bond acceptors (Lipinski definition) is 3. The van der Waals surface area contributed by atoms with Crippen molar-refractivity contribution in [1.82, 2.24) is 20.4 Å². The average molecular weight is 301 g/mol. The van der Waals surface area contributed by atoms with Crippen LogP contribution >= 0.6 is 0 Å². The smallest absolute Gasteiger partial charge is 0.191 e. The molecule has 0 fully saturated rings. The molecule has 2 rings (SSSR count). The Labute approximate surface area is 131 Å². The number of nitrogens with one attached hydrogen (secondary N) is 2. The topological polar surface area (TPSA) is 63.5 Å². The summed E-state index contributed by atoms with van der Waals surface area (Å²) in [6, 6.07) is 10.3. The summed E-state index contributed by atoms with van der Waals surface area (Å²) in [6.45, 7) is 3.37. The molecule has 1 heterocycles. The maximum atomic E-state index is 5.11. The zero-order chi connectivity index (χ0) is 15.8. The fraction of sp³-hybridized carbons (Fsp3) is 0.375. The van der Waals surface area contributed by atoms with Crippen LogP contribution in [0, 0.1) is 0 Å². The summed E-state index contributed by atoms with van der Waals surface area (Å²) in [5, 5.41) is 10.8. The van der Waals surface area contributed by atoms with Gasteiger partial charge in [-0.05, 0) is 30.7 Å². The molecule has 0 aliphatic heterocycles. The van der Waals surface area contributed by atoms with Crippen molar-refractivity contribution in [3.05, 3.63) is 48.3 Å². The van der Waals surface area contributed by atoms with Crippen LogP contribution in [-0.2, 0) is 11.3 Å². The third-order valence-electron chi connectivity index (χ3n) is 3.16. The van der Waals surface area contributed by atoms with Gasteiger partial charge < -0.3 is 15.4 Å². The molecule has 1 aromatic heterocycles. The molecule has 6 nitrogen and oxygen atoms in total. The number of guanidine groups is 1. The van der Waals surface area contributed by atoms with Gasteiger partial charge >= 0.3 is 0 Å². The monoisotopic (exact) mass is 301 g/mol. The van der Waals surface area contributed by atoms with Crippen LogP contribution in [-0.4, -0.2) is 42.5 Å². The van der Waals surface area contributed by atoms with E-state index in [1.807, 2.05) is 29.1 Å². The Balaban J connectivity index is 1.95. The highest BCUT2D eigenvalue weighted by Gasteiger charge is 2.05. The number of nitrogens with zero attached hydrogens (tertiary/aromatic N) is 3. The van der Waals surface area contributed by atoms with E-state index < -0.39 is 0 Å². The number of methoxy groups -OCH3 is 1. The maximum absolute atomic E-state index is 5.11. The summed E-state index contributed by atoms with van der Waals surface area (Å²) in [7, 11) is 3.45. The Morgan fingerprint density at radius 1 is 1.41 bits per heavy atom. The summed E-state index contributed by atoms with van der Waals surface area (Å²) in [5.41, 5.74) is 2.20. The molecule has 0 spiro atoms. The quantitative estimate of drug-likeness (QED) is 0.628. The van der Waals surface area contributed by atoms with Gasteiger partial charge in [0.25, 0.3) is 0 Å². The van der Waals surface area contributed by atoms with E-state index in [9.17, 15) is 0 Å². The summed E-state index contributed by atoms with van der Waals surface area (Å²) >= 11 is 0. The highest BCUT2D eigenvalue weighted by Crippen LogP contribution is 2.09. The molecule has 1 aromatic carbocycles. The highest BCUT2D eigenvalue weighted by atomic mass is 16.5. The third-order valence-corrected chi connectivity index (χ3v) is 3.16. The predicted octanol–water partition coefficient (Wildman–Crippen LogP) is 1.57. The number of benzene rings is 1. The van der Waals surface area contributed by atoms with Crippen molar-refractivity contribution in [2.24, 2.45) is 4.99 Å². The van der Waals surface area contributed by atoms with Crippen LogP contribution in [0.5, 0.6) is 0 Å². The first-order valence-electron chi connectivity index (χ1n) is 7.28. The van der Waals surface area contributed by atoms with Crippen LogP contribution in [0.4, 0.5) is 0 Å². The number of rotatable bonds is 6. The van der Waals surface area contributed by atoms with Crippen molar-refractivity contribution in [2.45, 2.75) is 19.5 Å². The third kappa shape index (κ3) is 4.60. The standard InChI is InChI=1S/C16H23N5O/c1-13(12-22-3)20-16(17-2)18-11-14-6-4-7-15(10-14)21-9-5-8-19-21/h4-10,13H,11-12H2,1-3H3,(H2,17,18,20). The second-order valence-electron chi connectivity index (χ2n) is 5.05. The van der Waals surface area contributed by atoms with Gasteiger partial charge in [0.05, 0.1) is 12.3 Å². The fourth-order valence-electron chi connectivity index (χ4n) is 2.14. The van der Waals surface area contributed by atoms with Crippen LogP contribution in [0.25, 0.3) is 5.69 Å². The molecule has 118 valence electrons. The van der Waals surface area contributed by atoms with E-state index >= 15 is 0 Å². The molecule has 0 radical (unpaired) electrons. The minimum Gasteiger partial charge on any atom is -0.383 e. The molecule has 0 amide bonds. The summed E-state index contributed by atoms with van der Waals surface area (Å²) in [5.74, 6) is 0.758. The van der Waals surface area contributed by atoms with Gasteiger partial charge in [-0.15, -0.1) is 0 Å². The van der Waals surface area contributed by atoms with Gasteiger partial charge in [0.1, 0.15) is 0 Å². The Morgan fingerprint density at radius 2 is 2.27 bits per heavy atom. The summed E-state index contributed by atoms with van der Waals surface area (Å²) < 4.78 is 6.96. The van der Waals surface area contributed by atoms with Crippen molar-refractivity contribution in [3.63, 3.8) is 0 Å². The van der Waals surface area contributed by atoms with E-state index in [4.69, 9.17) is 4.74 Å². The first-order chi connectivity index (χ1) is 10.7. The fourth-order valence-corrected chi connectivity index (χ4v) is 2.14. The molecule has 0 saturated heterocycles. The molecule has 0 aliphatic carbocycles. The second kappa shape index (κ2) is 8.19. The molecule has 6 heteroatoms. The van der Waals surface area contributed by atoms with Crippen molar-refractivity contribution in [2.75, 3.05) is 20.8 Å². The highest BCUT2D eigenvalue weighted by molar-refractivity contribution is 5.79. The van der Waals surface area contributed by atoms with Crippen LogP contribution in [0.1, 0.15) is 12.5 Å². The molecule has 1 atom stereocenters. The largest absolute Gasteiger partial charge is 0.383 e. The molecule has 0 bridgehead atoms. The van der Waals surface area contributed by atoms with Gasteiger partial charge in [-0.1, -0.05) is 12.1 Å². The van der Waals surface area contributed by atoms with E-state index in [0.717, 1.165) is 17.2 Å². The zero-order valence-electron chi connectivity index (χ0n) is 13.3. The number of aromatic nitrogens is 2. The normalized spacial score (nSPS) is 13.0. The lowest BCUT2D eigenvalue weighted by Gasteiger charge is -2.17. The van der Waals surface area contributed by atoms with Gasteiger partial charge in [0.2, 0.25) is 0 Å². The minimum atomic E-state index is 0.201. The van der Waals surface area contributed by atoms with Crippen molar-refractivity contribution < 1.29 is 4.74 Å². The zero-order valence-corrected chi connectivity index (χ0v) is 13.3. The van der Waals surface area contributed by atoms with E-state index in [-0.39, 0.29) is 6.04 Å². The molecular weight excluding hydrogens is 278 g/mol. The SMILES string of the molecule is CN=C(NCc1cccc(-n2cccn2)c1)NC(C)COC. The molecule has 1 unspecified atom stereocenters. The van der Waals surface area contributed by atoms with E-state index in [1.165, 1.54) is 0 Å². The molecular formula is C16H23N5O. The number of ether oxygens (including phenoxy) is 1. The van der Waals surface area contributed by atoms with Crippen LogP contribution in [0.3, 0.4) is 0 Å². The number of hydrogen-bond donors (Lipinski definition) is 2. The Kier molecular flexibility index (Phi) is 5.97. The van der Waals surface area contributed by atoms with Crippen molar-refractivity contribution in [3.8, 4) is 5.69 Å². The Bertz CT molecular complexity index is 594. The minimum absolute atomic E-state index is 0.201. The Hall–Kier alpha value is -2.34. The summed E-state index contributed by atoms with van der Waals surface area (Å²) in [6.07, 6.45) is 3.70. The van der Waals surface area contributed by atoms with Crippen molar-refractivity contribution in [1.29, 1.82) is 0 Å². The van der Waals surface area contributed by atoms with E-state index in [2.05, 4.69) is 39.8 Å². The predicted molar refractivity (Wildman–Crippen MR) is 88.2 cm³/mol. The molecule has 0 saturated carbocycles. The second-order valence-corrected chi connectivity index (χ2v) is 5.05. The van der Waals surface area contributed by atoms with Crippen LogP contribution in [0.15, 0.2) is 47.7 Å². The van der Waals surface area contributed by atoms with Gasteiger partial charge in [-0.3, -0.25) is 4.99 Å². The summed E-state index contributed by atoms with van der Waals surface area (Å²) in [4.78, 5) is 4.22. The Morgan fingerprint density at radius 3 is 2.95 bits per heavy atom. The van der Waals surface area contributed by atoms with Gasteiger partial charge in [0.15, 0.2) is 5.96 Å². The molecule has 2 aromatic rings. The van der Waals surface area contributed by atoms with E-state index in [0.29, 0.717) is 13.2 Å². The first kappa shape index (κ1) is 16.0. The molecule has 22 heavy (non-hydrogen) atoms. The van der Waals surface area contributed by atoms with Gasteiger partial charge in [-0.25, -0.2) is 4.68 Å². The maximum Gasteiger partial charge on any atom is 0.191 e. The lowest BCUT2D eigenvalue weighted by atomic mass is 10.2. The van der Waals surface area contributed by atoms with Crippen molar-refractivity contribution >= 4 is 5.96 Å². The molecule has 2 N–H and O–H groups in total. The van der Waals surface area contributed by atoms with Crippen LogP contribution < -0.4 is 10.6 Å². The van der Waals surface area contributed by atoms with Crippen LogP contribution in [0.2, 0.25) is 0 Å². The van der Waals surface area contributed by atoms with Gasteiger partial charge in [0, 0.05) is 39.1 Å². The first-order valence-corrected chi connectivity index (χ1v) is 7.28.